The number of ether oxygens (including phenoxy) is 2. The third-order valence-corrected chi connectivity index (χ3v) is 7.24. The molecule has 1 atom stereocenters. The van der Waals surface area contributed by atoms with E-state index >= 15 is 0 Å². The molecule has 2 saturated heterocycles. The number of rotatable bonds is 9. The zero-order valence-electron chi connectivity index (χ0n) is 22.7. The van der Waals surface area contributed by atoms with Gasteiger partial charge in [-0.2, -0.15) is 5.26 Å². The second-order valence-electron chi connectivity index (χ2n) is 10.6. The van der Waals surface area contributed by atoms with Gasteiger partial charge in [0.15, 0.2) is 5.60 Å². The second kappa shape index (κ2) is 12.4. The Labute approximate surface area is 225 Å². The van der Waals surface area contributed by atoms with Crippen LogP contribution in [0, 0.1) is 11.3 Å². The SMILES string of the molecule is CC(=O)OC(C)(C)C(=O)N1CCN(CC(OCc2ccc(C#N)cc2)c2cccc(N3CCCC3)c2)CC1. The molecule has 2 fully saturated rings. The summed E-state index contributed by atoms with van der Waals surface area (Å²) >= 11 is 0. The van der Waals surface area contributed by atoms with Crippen molar-refractivity contribution in [1.82, 2.24) is 9.80 Å². The lowest BCUT2D eigenvalue weighted by Gasteiger charge is -2.39. The molecular weight excluding hydrogens is 480 g/mol. The number of nitrogens with zero attached hydrogens (tertiary/aromatic N) is 4. The fraction of sp³-hybridized carbons (Fsp3) is 0.500. The molecule has 2 aliphatic heterocycles. The second-order valence-corrected chi connectivity index (χ2v) is 10.6. The van der Waals surface area contributed by atoms with Crippen molar-refractivity contribution in [3.05, 3.63) is 65.2 Å². The predicted octanol–water partition coefficient (Wildman–Crippen LogP) is 3.90. The van der Waals surface area contributed by atoms with E-state index in [1.165, 1.54) is 25.5 Å². The molecule has 1 unspecified atom stereocenters. The van der Waals surface area contributed by atoms with E-state index in [2.05, 4.69) is 40.1 Å². The smallest absolute Gasteiger partial charge is 0.303 e. The van der Waals surface area contributed by atoms with Crippen molar-refractivity contribution < 1.29 is 19.1 Å². The Morgan fingerprint density at radius 3 is 2.32 bits per heavy atom. The molecule has 202 valence electrons. The van der Waals surface area contributed by atoms with Crippen LogP contribution in [0.15, 0.2) is 48.5 Å². The number of carbonyl (C=O) groups excluding carboxylic acids is 2. The van der Waals surface area contributed by atoms with Crippen molar-refractivity contribution in [2.45, 2.75) is 51.9 Å². The van der Waals surface area contributed by atoms with Crippen LogP contribution in [0.1, 0.15) is 56.4 Å². The van der Waals surface area contributed by atoms with E-state index in [0.29, 0.717) is 44.9 Å². The molecule has 8 heteroatoms. The van der Waals surface area contributed by atoms with E-state index in [-0.39, 0.29) is 12.0 Å². The number of amides is 1. The van der Waals surface area contributed by atoms with E-state index in [1.807, 2.05) is 24.3 Å². The van der Waals surface area contributed by atoms with Gasteiger partial charge in [-0.15, -0.1) is 0 Å². The zero-order chi connectivity index (χ0) is 27.1. The maximum absolute atomic E-state index is 13.0. The number of esters is 1. The number of hydrogen-bond donors (Lipinski definition) is 0. The summed E-state index contributed by atoms with van der Waals surface area (Å²) in [5.74, 6) is -0.625. The summed E-state index contributed by atoms with van der Waals surface area (Å²) in [5, 5.41) is 9.09. The van der Waals surface area contributed by atoms with Gasteiger partial charge in [0, 0.05) is 58.4 Å². The van der Waals surface area contributed by atoms with Crippen molar-refractivity contribution in [1.29, 1.82) is 5.26 Å². The minimum Gasteiger partial charge on any atom is -0.450 e. The Kier molecular flexibility index (Phi) is 9.03. The van der Waals surface area contributed by atoms with E-state index in [4.69, 9.17) is 14.7 Å². The van der Waals surface area contributed by atoms with Crippen molar-refractivity contribution in [3.63, 3.8) is 0 Å². The highest BCUT2D eigenvalue weighted by Crippen LogP contribution is 2.28. The lowest BCUT2D eigenvalue weighted by molar-refractivity contribution is -0.169. The molecule has 0 N–H and O–H groups in total. The van der Waals surface area contributed by atoms with Gasteiger partial charge < -0.3 is 19.3 Å². The van der Waals surface area contributed by atoms with Gasteiger partial charge in [0.05, 0.1) is 24.3 Å². The number of carbonyl (C=O) groups is 2. The van der Waals surface area contributed by atoms with Gasteiger partial charge in [-0.3, -0.25) is 14.5 Å². The third-order valence-electron chi connectivity index (χ3n) is 7.24. The first-order chi connectivity index (χ1) is 18.2. The fourth-order valence-corrected chi connectivity index (χ4v) is 5.18. The largest absolute Gasteiger partial charge is 0.450 e. The first-order valence-electron chi connectivity index (χ1n) is 13.4. The summed E-state index contributed by atoms with van der Waals surface area (Å²) in [6.45, 7) is 10.5. The molecule has 0 aliphatic carbocycles. The minimum absolute atomic E-state index is 0.145. The first-order valence-corrected chi connectivity index (χ1v) is 13.4. The topological polar surface area (TPSA) is 86.1 Å². The number of anilines is 1. The number of nitriles is 1. The molecule has 2 aromatic carbocycles. The normalized spacial score (nSPS) is 17.2. The summed E-state index contributed by atoms with van der Waals surface area (Å²) in [7, 11) is 0. The standard InChI is InChI=1S/C30H38N4O4/c1-23(35)38-30(2,3)29(36)34-17-15-32(16-18-34)21-28(37-22-25-11-9-24(20-31)10-12-25)26-7-6-8-27(19-26)33-13-4-5-14-33/h6-12,19,28H,4-5,13-18,21-22H2,1-3H3. The van der Waals surface area contributed by atoms with Crippen LogP contribution in [-0.2, 0) is 25.7 Å². The summed E-state index contributed by atoms with van der Waals surface area (Å²) in [6.07, 6.45) is 2.30. The molecule has 0 aromatic heterocycles. The Morgan fingerprint density at radius 1 is 1.00 bits per heavy atom. The molecule has 8 nitrogen and oxygen atoms in total. The van der Waals surface area contributed by atoms with Crippen LogP contribution < -0.4 is 4.90 Å². The fourth-order valence-electron chi connectivity index (χ4n) is 5.18. The summed E-state index contributed by atoms with van der Waals surface area (Å²) in [5.41, 5.74) is 2.85. The molecule has 2 aliphatic rings. The molecule has 2 heterocycles. The van der Waals surface area contributed by atoms with Crippen molar-refractivity contribution >= 4 is 17.6 Å². The molecule has 4 rings (SSSR count). The Hall–Kier alpha value is -3.41. The van der Waals surface area contributed by atoms with Crippen LogP contribution in [0.3, 0.4) is 0 Å². The van der Waals surface area contributed by atoms with Gasteiger partial charge >= 0.3 is 5.97 Å². The van der Waals surface area contributed by atoms with Crippen LogP contribution in [0.4, 0.5) is 5.69 Å². The van der Waals surface area contributed by atoms with Gasteiger partial charge in [-0.1, -0.05) is 24.3 Å². The Bertz CT molecular complexity index is 1140. The van der Waals surface area contributed by atoms with E-state index in [9.17, 15) is 9.59 Å². The molecule has 0 radical (unpaired) electrons. The van der Waals surface area contributed by atoms with Crippen molar-refractivity contribution in [3.8, 4) is 6.07 Å². The Balaban J connectivity index is 1.43. The van der Waals surface area contributed by atoms with Gasteiger partial charge in [-0.25, -0.2) is 0 Å². The maximum atomic E-state index is 13.0. The summed E-state index contributed by atoms with van der Waals surface area (Å²) in [4.78, 5) is 30.9. The highest BCUT2D eigenvalue weighted by Gasteiger charge is 2.36. The lowest BCUT2D eigenvalue weighted by atomic mass is 10.1. The van der Waals surface area contributed by atoms with Crippen LogP contribution in [-0.4, -0.2) is 73.1 Å². The van der Waals surface area contributed by atoms with Gasteiger partial charge in [0.1, 0.15) is 0 Å². The van der Waals surface area contributed by atoms with Gasteiger partial charge in [0.2, 0.25) is 0 Å². The quantitative estimate of drug-likeness (QED) is 0.466. The molecule has 38 heavy (non-hydrogen) atoms. The first kappa shape index (κ1) is 27.6. The van der Waals surface area contributed by atoms with Crippen molar-refractivity contribution in [2.24, 2.45) is 0 Å². The average molecular weight is 519 g/mol. The molecule has 1 amide bonds. The van der Waals surface area contributed by atoms with E-state index in [0.717, 1.165) is 24.2 Å². The van der Waals surface area contributed by atoms with Crippen LogP contribution >= 0.6 is 0 Å². The molecule has 2 aromatic rings. The molecule has 0 bridgehead atoms. The van der Waals surface area contributed by atoms with Crippen LogP contribution in [0.25, 0.3) is 0 Å². The maximum Gasteiger partial charge on any atom is 0.303 e. The third kappa shape index (κ3) is 7.12. The highest BCUT2D eigenvalue weighted by molar-refractivity contribution is 5.86. The Morgan fingerprint density at radius 2 is 1.68 bits per heavy atom. The summed E-state index contributed by atoms with van der Waals surface area (Å²) in [6, 6.07) is 18.3. The zero-order valence-corrected chi connectivity index (χ0v) is 22.7. The summed E-state index contributed by atoms with van der Waals surface area (Å²) < 4.78 is 11.8. The average Bonchev–Trinajstić information content (AvgIpc) is 3.46. The monoisotopic (exact) mass is 518 g/mol. The molecular formula is C30H38N4O4. The number of hydrogen-bond acceptors (Lipinski definition) is 7. The lowest BCUT2D eigenvalue weighted by Crippen LogP contribution is -2.55. The van der Waals surface area contributed by atoms with Crippen LogP contribution in [0.2, 0.25) is 0 Å². The molecule has 0 spiro atoms. The van der Waals surface area contributed by atoms with Gasteiger partial charge in [-0.05, 0) is 62.1 Å². The predicted molar refractivity (Wildman–Crippen MR) is 145 cm³/mol. The van der Waals surface area contributed by atoms with E-state index < -0.39 is 11.6 Å². The number of piperazine rings is 1. The number of benzene rings is 2. The van der Waals surface area contributed by atoms with Crippen LogP contribution in [0.5, 0.6) is 0 Å². The highest BCUT2D eigenvalue weighted by atomic mass is 16.6. The van der Waals surface area contributed by atoms with E-state index in [1.54, 1.807) is 18.7 Å². The van der Waals surface area contributed by atoms with Gasteiger partial charge in [0.25, 0.3) is 5.91 Å². The van der Waals surface area contributed by atoms with Crippen molar-refractivity contribution in [2.75, 3.05) is 50.7 Å². The minimum atomic E-state index is -1.17. The molecule has 0 saturated carbocycles.